The molecule has 0 amide bonds. The summed E-state index contributed by atoms with van der Waals surface area (Å²) in [6.45, 7) is 0.363. The van der Waals surface area contributed by atoms with Crippen molar-refractivity contribution in [1.29, 1.82) is 0 Å². The van der Waals surface area contributed by atoms with Gasteiger partial charge in [0.15, 0.2) is 0 Å². The van der Waals surface area contributed by atoms with E-state index in [9.17, 15) is 8.42 Å². The molecule has 0 unspecified atom stereocenters. The smallest absolute Gasteiger partial charge is 0.241 e. The van der Waals surface area contributed by atoms with Crippen LogP contribution in [0.25, 0.3) is 0 Å². The summed E-state index contributed by atoms with van der Waals surface area (Å²) >= 11 is 3.10. The average molecular weight is 324 g/mol. The number of sulfonamides is 1. The van der Waals surface area contributed by atoms with E-state index in [0.717, 1.165) is 19.3 Å². The van der Waals surface area contributed by atoms with Gasteiger partial charge in [0.2, 0.25) is 10.0 Å². The number of aliphatic hydroxyl groups is 1. The number of aliphatic hydroxyl groups excluding tert-OH is 1. The molecule has 1 rings (SSSR count). The first-order valence-corrected chi connectivity index (χ1v) is 10.0. The number of thiophene rings is 1. The maximum Gasteiger partial charge on any atom is 0.241 e. The van der Waals surface area contributed by atoms with Crippen molar-refractivity contribution in [3.63, 3.8) is 0 Å². The topological polar surface area (TPSA) is 66.4 Å². The maximum atomic E-state index is 11.9. The number of rotatable bonds is 10. The van der Waals surface area contributed by atoms with E-state index < -0.39 is 10.0 Å². The van der Waals surface area contributed by atoms with Crippen LogP contribution in [-0.2, 0) is 16.6 Å². The SMILES string of the molecule is CSCCCCCCNS(=O)(=O)c1csc(CO)c1. The monoisotopic (exact) mass is 323 g/mol. The lowest BCUT2D eigenvalue weighted by Crippen LogP contribution is -2.24. The summed E-state index contributed by atoms with van der Waals surface area (Å²) in [5, 5.41) is 10.5. The highest BCUT2D eigenvalue weighted by Gasteiger charge is 2.15. The summed E-state index contributed by atoms with van der Waals surface area (Å²) in [6.07, 6.45) is 6.35. The van der Waals surface area contributed by atoms with Crippen LogP contribution in [0.2, 0.25) is 0 Å². The number of hydrogen-bond donors (Lipinski definition) is 2. The quantitative estimate of drug-likeness (QED) is 0.649. The predicted octanol–water partition coefficient (Wildman–Crippen LogP) is 2.44. The van der Waals surface area contributed by atoms with E-state index >= 15 is 0 Å². The average Bonchev–Trinajstić information content (AvgIpc) is 2.87. The van der Waals surface area contributed by atoms with Gasteiger partial charge < -0.3 is 5.11 Å². The van der Waals surface area contributed by atoms with E-state index in [-0.39, 0.29) is 11.5 Å². The Bertz CT molecular complexity index is 457. The summed E-state index contributed by atoms with van der Waals surface area (Å²) in [5.74, 6) is 1.17. The van der Waals surface area contributed by atoms with E-state index in [1.807, 2.05) is 11.8 Å². The molecule has 0 saturated heterocycles. The fraction of sp³-hybridized carbons (Fsp3) is 0.667. The molecule has 1 aromatic heterocycles. The molecule has 19 heavy (non-hydrogen) atoms. The Morgan fingerprint density at radius 2 is 2.05 bits per heavy atom. The molecule has 0 aliphatic carbocycles. The third kappa shape index (κ3) is 6.27. The molecule has 0 bridgehead atoms. The zero-order valence-corrected chi connectivity index (χ0v) is 13.5. The second-order valence-corrected chi connectivity index (χ2v) is 7.96. The van der Waals surface area contributed by atoms with Gasteiger partial charge in [-0.2, -0.15) is 11.8 Å². The fourth-order valence-corrected chi connectivity index (χ4v) is 4.30. The van der Waals surface area contributed by atoms with E-state index in [1.165, 1.54) is 29.6 Å². The van der Waals surface area contributed by atoms with E-state index in [2.05, 4.69) is 11.0 Å². The lowest BCUT2D eigenvalue weighted by atomic mass is 10.2. The molecule has 0 saturated carbocycles. The van der Waals surface area contributed by atoms with Gasteiger partial charge in [-0.05, 0) is 30.9 Å². The van der Waals surface area contributed by atoms with Crippen molar-refractivity contribution in [3.8, 4) is 0 Å². The van der Waals surface area contributed by atoms with Crippen LogP contribution in [-0.4, -0.2) is 32.1 Å². The van der Waals surface area contributed by atoms with E-state index in [4.69, 9.17) is 5.11 Å². The Morgan fingerprint density at radius 1 is 1.32 bits per heavy atom. The number of hydrogen-bond acceptors (Lipinski definition) is 5. The summed E-state index contributed by atoms with van der Waals surface area (Å²) in [5.41, 5.74) is 0. The highest BCUT2D eigenvalue weighted by atomic mass is 32.2. The molecular formula is C12H21NO3S3. The third-order valence-electron chi connectivity index (χ3n) is 2.66. The lowest BCUT2D eigenvalue weighted by molar-refractivity contribution is 0.285. The second kappa shape index (κ2) is 8.97. The number of thioether (sulfide) groups is 1. The molecule has 0 radical (unpaired) electrons. The van der Waals surface area contributed by atoms with Crippen LogP contribution in [0.15, 0.2) is 16.3 Å². The minimum atomic E-state index is -3.40. The molecule has 1 heterocycles. The number of nitrogens with one attached hydrogen (secondary N) is 1. The minimum absolute atomic E-state index is 0.115. The predicted molar refractivity (Wildman–Crippen MR) is 82.3 cm³/mol. The Hall–Kier alpha value is -0.0800. The molecule has 0 fully saturated rings. The maximum absolute atomic E-state index is 11.9. The van der Waals surface area contributed by atoms with Crippen molar-refractivity contribution < 1.29 is 13.5 Å². The largest absolute Gasteiger partial charge is 0.391 e. The Labute approximate surface area is 123 Å². The lowest BCUT2D eigenvalue weighted by Gasteiger charge is -2.04. The summed E-state index contributed by atoms with van der Waals surface area (Å²) in [7, 11) is -3.40. The Morgan fingerprint density at radius 3 is 2.68 bits per heavy atom. The van der Waals surface area contributed by atoms with Gasteiger partial charge >= 0.3 is 0 Å². The van der Waals surface area contributed by atoms with Gasteiger partial charge in [0.25, 0.3) is 0 Å². The molecule has 4 nitrogen and oxygen atoms in total. The van der Waals surface area contributed by atoms with Crippen LogP contribution < -0.4 is 4.72 Å². The van der Waals surface area contributed by atoms with Crippen molar-refractivity contribution in [2.45, 2.75) is 37.2 Å². The molecule has 0 aromatic carbocycles. The van der Waals surface area contributed by atoms with E-state index in [1.54, 1.807) is 5.38 Å². The molecular weight excluding hydrogens is 302 g/mol. The molecule has 0 atom stereocenters. The van der Waals surface area contributed by atoms with Crippen molar-refractivity contribution in [2.24, 2.45) is 0 Å². The first-order valence-electron chi connectivity index (χ1n) is 6.27. The van der Waals surface area contributed by atoms with Gasteiger partial charge in [-0.15, -0.1) is 11.3 Å². The van der Waals surface area contributed by atoms with Crippen LogP contribution >= 0.6 is 23.1 Å². The molecule has 0 aliphatic heterocycles. The highest BCUT2D eigenvalue weighted by molar-refractivity contribution is 7.98. The van der Waals surface area contributed by atoms with E-state index in [0.29, 0.717) is 11.4 Å². The zero-order valence-electron chi connectivity index (χ0n) is 11.1. The van der Waals surface area contributed by atoms with Crippen LogP contribution in [0.1, 0.15) is 30.6 Å². The van der Waals surface area contributed by atoms with Gasteiger partial charge in [-0.3, -0.25) is 0 Å². The second-order valence-electron chi connectivity index (χ2n) is 4.21. The van der Waals surface area contributed by atoms with Crippen LogP contribution in [0, 0.1) is 0 Å². The normalized spacial score (nSPS) is 11.9. The van der Waals surface area contributed by atoms with Crippen molar-refractivity contribution in [3.05, 3.63) is 16.3 Å². The van der Waals surface area contributed by atoms with Gasteiger partial charge in [0.1, 0.15) is 0 Å². The summed E-state index contributed by atoms with van der Waals surface area (Å²) in [4.78, 5) is 0.918. The van der Waals surface area contributed by atoms with Gasteiger partial charge in [0.05, 0.1) is 11.5 Å². The number of unbranched alkanes of at least 4 members (excludes halogenated alkanes) is 3. The highest BCUT2D eigenvalue weighted by Crippen LogP contribution is 2.19. The van der Waals surface area contributed by atoms with Gasteiger partial charge in [-0.1, -0.05) is 12.8 Å². The minimum Gasteiger partial charge on any atom is -0.391 e. The fourth-order valence-electron chi connectivity index (χ4n) is 1.60. The molecule has 1 aromatic rings. The Kier molecular flexibility index (Phi) is 8.01. The van der Waals surface area contributed by atoms with Crippen molar-refractivity contribution in [1.82, 2.24) is 4.72 Å². The van der Waals surface area contributed by atoms with Gasteiger partial charge in [0, 0.05) is 16.8 Å². The first-order chi connectivity index (χ1) is 9.10. The molecule has 110 valence electrons. The summed E-state index contributed by atoms with van der Waals surface area (Å²) in [6, 6.07) is 1.52. The Balaban J connectivity index is 2.27. The summed E-state index contributed by atoms with van der Waals surface area (Å²) < 4.78 is 26.4. The van der Waals surface area contributed by atoms with Crippen LogP contribution in [0.5, 0.6) is 0 Å². The van der Waals surface area contributed by atoms with Crippen molar-refractivity contribution >= 4 is 33.1 Å². The van der Waals surface area contributed by atoms with Gasteiger partial charge in [-0.25, -0.2) is 13.1 Å². The molecule has 0 aliphatic rings. The van der Waals surface area contributed by atoms with Crippen LogP contribution in [0.3, 0.4) is 0 Å². The zero-order chi connectivity index (χ0) is 14.1. The molecule has 2 N–H and O–H groups in total. The first kappa shape index (κ1) is 17.0. The van der Waals surface area contributed by atoms with Crippen LogP contribution in [0.4, 0.5) is 0 Å². The standard InChI is InChI=1S/C12H21NO3S3/c1-17-7-5-3-2-4-6-13-19(15,16)12-8-11(9-14)18-10-12/h8,10,13-14H,2-7,9H2,1H3. The molecule has 0 spiro atoms. The third-order valence-corrected chi connectivity index (χ3v) is 5.87. The molecule has 7 heteroatoms. The van der Waals surface area contributed by atoms with Crippen molar-refractivity contribution in [2.75, 3.05) is 18.6 Å².